The van der Waals surface area contributed by atoms with Gasteiger partial charge in [0.1, 0.15) is 11.9 Å². The van der Waals surface area contributed by atoms with Gasteiger partial charge in [-0.15, -0.1) is 0 Å². The van der Waals surface area contributed by atoms with Gasteiger partial charge < -0.3 is 24.8 Å². The van der Waals surface area contributed by atoms with Crippen molar-refractivity contribution in [1.82, 2.24) is 4.90 Å². The Morgan fingerprint density at radius 2 is 2.08 bits per heavy atom. The quantitative estimate of drug-likeness (QED) is 0.803. The monoisotopic (exact) mass is 370 g/mol. The molecule has 1 unspecified atom stereocenters. The van der Waals surface area contributed by atoms with Gasteiger partial charge >= 0.3 is 12.0 Å². The molecule has 0 bridgehead atoms. The summed E-state index contributed by atoms with van der Waals surface area (Å²) in [5.41, 5.74) is 0.473. The third kappa shape index (κ3) is 5.51. The molecule has 1 aliphatic heterocycles. The largest absolute Gasteiger partial charge is 0.486 e. The average Bonchev–Trinajstić information content (AvgIpc) is 2.57. The topological polar surface area (TPSA) is 88.1 Å². The van der Waals surface area contributed by atoms with Crippen LogP contribution >= 0.6 is 11.6 Å². The number of aliphatic carboxylic acids is 1. The van der Waals surface area contributed by atoms with E-state index < -0.39 is 5.97 Å². The summed E-state index contributed by atoms with van der Waals surface area (Å²) in [5, 5.41) is 12.3. The van der Waals surface area contributed by atoms with Crippen molar-refractivity contribution in [3.8, 4) is 5.75 Å². The number of halogens is 1. The molecule has 0 aliphatic carbocycles. The predicted octanol–water partition coefficient (Wildman–Crippen LogP) is 3.08. The van der Waals surface area contributed by atoms with Crippen molar-refractivity contribution in [2.75, 3.05) is 32.1 Å². The van der Waals surface area contributed by atoms with E-state index in [0.29, 0.717) is 49.0 Å². The van der Waals surface area contributed by atoms with Gasteiger partial charge in [-0.25, -0.2) is 4.79 Å². The lowest BCUT2D eigenvalue weighted by atomic mass is 9.97. The standard InChI is InChI=1S/C17H23ClN2O5/c1-11(10-24-2)25-15-4-3-13(18)9-14(15)19-17(23)20-7-5-12(6-8-20)16(21)22/h3-4,9,11-12H,5-8,10H2,1-2H3,(H,19,23)(H,21,22). The number of amides is 2. The number of ether oxygens (including phenoxy) is 2. The van der Waals surface area contributed by atoms with Crippen molar-refractivity contribution in [2.45, 2.75) is 25.9 Å². The minimum absolute atomic E-state index is 0.187. The van der Waals surface area contributed by atoms with Crippen LogP contribution in [0.2, 0.25) is 5.02 Å². The lowest BCUT2D eigenvalue weighted by Crippen LogP contribution is -2.42. The summed E-state index contributed by atoms with van der Waals surface area (Å²) in [6.07, 6.45) is 0.715. The Kier molecular flexibility index (Phi) is 6.90. The minimum Gasteiger partial charge on any atom is -0.486 e. The highest BCUT2D eigenvalue weighted by Gasteiger charge is 2.27. The number of hydrogen-bond acceptors (Lipinski definition) is 4. The molecule has 1 saturated heterocycles. The van der Waals surface area contributed by atoms with Gasteiger partial charge in [-0.3, -0.25) is 4.79 Å². The van der Waals surface area contributed by atoms with Gasteiger partial charge in [0.2, 0.25) is 0 Å². The maximum atomic E-state index is 12.5. The Morgan fingerprint density at radius 1 is 1.40 bits per heavy atom. The molecule has 7 nitrogen and oxygen atoms in total. The van der Waals surface area contributed by atoms with Crippen LogP contribution in [0.3, 0.4) is 0 Å². The number of methoxy groups -OCH3 is 1. The first-order valence-electron chi connectivity index (χ1n) is 8.14. The van der Waals surface area contributed by atoms with Crippen LogP contribution in [-0.4, -0.2) is 54.9 Å². The number of carboxylic acid groups (broad SMARTS) is 1. The maximum absolute atomic E-state index is 12.5. The van der Waals surface area contributed by atoms with Crippen LogP contribution < -0.4 is 10.1 Å². The fourth-order valence-corrected chi connectivity index (χ4v) is 2.88. The molecule has 0 saturated carbocycles. The Hall–Kier alpha value is -1.99. The summed E-state index contributed by atoms with van der Waals surface area (Å²) in [4.78, 5) is 25.1. The number of carboxylic acids is 1. The minimum atomic E-state index is -0.808. The van der Waals surface area contributed by atoms with Gasteiger partial charge in [-0.2, -0.15) is 0 Å². The zero-order valence-electron chi connectivity index (χ0n) is 14.3. The number of anilines is 1. The zero-order chi connectivity index (χ0) is 18.4. The second kappa shape index (κ2) is 8.92. The van der Waals surface area contributed by atoms with Gasteiger partial charge in [0.15, 0.2) is 0 Å². The summed E-state index contributed by atoms with van der Waals surface area (Å²) < 4.78 is 10.8. The highest BCUT2D eigenvalue weighted by Crippen LogP contribution is 2.29. The summed E-state index contributed by atoms with van der Waals surface area (Å²) in [6, 6.07) is 4.71. The van der Waals surface area contributed by atoms with Crippen molar-refractivity contribution in [1.29, 1.82) is 0 Å². The van der Waals surface area contributed by atoms with Gasteiger partial charge in [-0.05, 0) is 38.0 Å². The lowest BCUT2D eigenvalue weighted by molar-refractivity contribution is -0.143. The molecule has 0 aromatic heterocycles. The molecule has 1 atom stereocenters. The number of likely N-dealkylation sites (tertiary alicyclic amines) is 1. The van der Waals surface area contributed by atoms with Gasteiger partial charge in [-0.1, -0.05) is 11.6 Å². The smallest absolute Gasteiger partial charge is 0.321 e. The first kappa shape index (κ1) is 19.3. The molecule has 2 amide bonds. The first-order valence-corrected chi connectivity index (χ1v) is 8.52. The molecule has 8 heteroatoms. The molecular formula is C17H23ClN2O5. The molecule has 138 valence electrons. The predicted molar refractivity (Wildman–Crippen MR) is 94.4 cm³/mol. The van der Waals surface area contributed by atoms with E-state index in [1.54, 1.807) is 30.2 Å². The van der Waals surface area contributed by atoms with E-state index in [1.807, 2.05) is 6.92 Å². The molecule has 1 aromatic carbocycles. The third-order valence-electron chi connectivity index (χ3n) is 4.04. The van der Waals surface area contributed by atoms with Gasteiger partial charge in [0, 0.05) is 25.2 Å². The van der Waals surface area contributed by atoms with Crippen LogP contribution in [0, 0.1) is 5.92 Å². The molecule has 2 rings (SSSR count). The van der Waals surface area contributed by atoms with Crippen molar-refractivity contribution in [3.63, 3.8) is 0 Å². The van der Waals surface area contributed by atoms with Crippen LogP contribution in [0.1, 0.15) is 19.8 Å². The zero-order valence-corrected chi connectivity index (χ0v) is 15.1. The van der Waals surface area contributed by atoms with Crippen LogP contribution in [0.25, 0.3) is 0 Å². The molecule has 1 aromatic rings. The molecular weight excluding hydrogens is 348 g/mol. The fourth-order valence-electron chi connectivity index (χ4n) is 2.71. The molecule has 25 heavy (non-hydrogen) atoms. The van der Waals surface area contributed by atoms with Crippen molar-refractivity contribution in [3.05, 3.63) is 23.2 Å². The second-order valence-corrected chi connectivity index (χ2v) is 6.49. The molecule has 0 radical (unpaired) electrons. The summed E-state index contributed by atoms with van der Waals surface area (Å²) in [6.45, 7) is 3.08. The number of rotatable bonds is 6. The average molecular weight is 371 g/mol. The van der Waals surface area contributed by atoms with Crippen LogP contribution in [-0.2, 0) is 9.53 Å². The third-order valence-corrected chi connectivity index (χ3v) is 4.28. The van der Waals surface area contributed by atoms with Crippen molar-refractivity contribution in [2.24, 2.45) is 5.92 Å². The summed E-state index contributed by atoms with van der Waals surface area (Å²) in [5.74, 6) is -0.690. The second-order valence-electron chi connectivity index (χ2n) is 6.05. The molecule has 1 aliphatic rings. The van der Waals surface area contributed by atoms with Crippen molar-refractivity contribution >= 4 is 29.3 Å². The number of nitrogens with one attached hydrogen (secondary N) is 1. The highest BCUT2D eigenvalue weighted by atomic mass is 35.5. The van der Waals surface area contributed by atoms with E-state index in [4.69, 9.17) is 26.2 Å². The van der Waals surface area contributed by atoms with E-state index in [2.05, 4.69) is 5.32 Å². The number of hydrogen-bond donors (Lipinski definition) is 2. The van der Waals surface area contributed by atoms with E-state index in [0.717, 1.165) is 0 Å². The van der Waals surface area contributed by atoms with Gasteiger partial charge in [0.25, 0.3) is 0 Å². The van der Waals surface area contributed by atoms with Crippen LogP contribution in [0.4, 0.5) is 10.5 Å². The fraction of sp³-hybridized carbons (Fsp3) is 0.529. The molecule has 2 N–H and O–H groups in total. The number of urea groups is 1. The summed E-state index contributed by atoms with van der Waals surface area (Å²) >= 11 is 6.03. The maximum Gasteiger partial charge on any atom is 0.321 e. The molecule has 1 fully saturated rings. The lowest BCUT2D eigenvalue weighted by Gasteiger charge is -2.30. The number of carbonyl (C=O) groups is 2. The normalized spacial score (nSPS) is 16.4. The number of nitrogens with zero attached hydrogens (tertiary/aromatic N) is 1. The number of carbonyl (C=O) groups excluding carboxylic acids is 1. The van der Waals surface area contributed by atoms with E-state index in [1.165, 1.54) is 0 Å². The van der Waals surface area contributed by atoms with Crippen LogP contribution in [0.15, 0.2) is 18.2 Å². The Morgan fingerprint density at radius 3 is 2.68 bits per heavy atom. The Bertz CT molecular complexity index is 617. The van der Waals surface area contributed by atoms with E-state index in [-0.39, 0.29) is 18.1 Å². The Balaban J connectivity index is 2.02. The summed E-state index contributed by atoms with van der Waals surface area (Å²) in [7, 11) is 1.59. The molecule has 0 spiro atoms. The Labute approximate surface area is 151 Å². The first-order chi connectivity index (χ1) is 11.9. The van der Waals surface area contributed by atoms with E-state index in [9.17, 15) is 9.59 Å². The SMILES string of the molecule is COCC(C)Oc1ccc(Cl)cc1NC(=O)N1CCC(C(=O)O)CC1. The number of benzene rings is 1. The number of piperidine rings is 1. The highest BCUT2D eigenvalue weighted by molar-refractivity contribution is 6.31. The van der Waals surface area contributed by atoms with Gasteiger partial charge in [0.05, 0.1) is 18.2 Å². The van der Waals surface area contributed by atoms with Crippen LogP contribution in [0.5, 0.6) is 5.75 Å². The van der Waals surface area contributed by atoms with E-state index >= 15 is 0 Å². The molecule has 1 heterocycles. The van der Waals surface area contributed by atoms with Crippen molar-refractivity contribution < 1.29 is 24.2 Å².